The number of sulfonamides is 1. The summed E-state index contributed by atoms with van der Waals surface area (Å²) in [4.78, 5) is 26.4. The van der Waals surface area contributed by atoms with Gasteiger partial charge in [0.1, 0.15) is 0 Å². The number of nitrogens with zero attached hydrogens (tertiary/aromatic N) is 2. The Morgan fingerprint density at radius 1 is 1.15 bits per heavy atom. The molecular formula is C18H25N3O4S. The average Bonchev–Trinajstić information content (AvgIpc) is 2.62. The normalized spacial score (nSPS) is 20.2. The summed E-state index contributed by atoms with van der Waals surface area (Å²) in [6.07, 6.45) is 4.71. The van der Waals surface area contributed by atoms with Gasteiger partial charge in [-0.2, -0.15) is 0 Å². The van der Waals surface area contributed by atoms with Crippen molar-refractivity contribution in [2.75, 3.05) is 36.1 Å². The number of carbonyl (C=O) groups is 2. The third-order valence-corrected chi connectivity index (χ3v) is 6.35. The highest BCUT2D eigenvalue weighted by atomic mass is 32.2. The SMILES string of the molecule is CS(=O)(=O)N1CCC(C(=O)Nc2cccc(N3CCCCC3=O)c2)CC1. The number of hydrogen-bond acceptors (Lipinski definition) is 4. The standard InChI is InChI=1S/C18H25N3O4S/c1-26(24,25)20-11-8-14(9-12-20)18(23)19-15-5-4-6-16(13-15)21-10-3-2-7-17(21)22/h4-6,13-14H,2-3,7-12H2,1H3,(H,19,23). The van der Waals surface area contributed by atoms with E-state index in [4.69, 9.17) is 0 Å². The summed E-state index contributed by atoms with van der Waals surface area (Å²) >= 11 is 0. The van der Waals surface area contributed by atoms with Gasteiger partial charge in [0.25, 0.3) is 0 Å². The van der Waals surface area contributed by atoms with Crippen LogP contribution in [0.25, 0.3) is 0 Å². The smallest absolute Gasteiger partial charge is 0.227 e. The van der Waals surface area contributed by atoms with Crippen molar-refractivity contribution in [3.05, 3.63) is 24.3 Å². The van der Waals surface area contributed by atoms with Crippen molar-refractivity contribution < 1.29 is 18.0 Å². The van der Waals surface area contributed by atoms with E-state index in [2.05, 4.69) is 5.32 Å². The summed E-state index contributed by atoms with van der Waals surface area (Å²) in [6.45, 7) is 1.46. The van der Waals surface area contributed by atoms with E-state index in [0.717, 1.165) is 18.5 Å². The number of rotatable bonds is 4. The van der Waals surface area contributed by atoms with E-state index in [1.54, 1.807) is 11.0 Å². The van der Waals surface area contributed by atoms with E-state index in [1.165, 1.54) is 10.6 Å². The van der Waals surface area contributed by atoms with Crippen LogP contribution >= 0.6 is 0 Å². The van der Waals surface area contributed by atoms with E-state index in [1.807, 2.05) is 18.2 Å². The second kappa shape index (κ2) is 7.75. The van der Waals surface area contributed by atoms with Crippen molar-refractivity contribution in [3.63, 3.8) is 0 Å². The molecule has 2 amide bonds. The van der Waals surface area contributed by atoms with Gasteiger partial charge in [0.2, 0.25) is 21.8 Å². The number of piperidine rings is 2. The lowest BCUT2D eigenvalue weighted by Gasteiger charge is -2.29. The Hall–Kier alpha value is -1.93. The summed E-state index contributed by atoms with van der Waals surface area (Å²) in [7, 11) is -3.19. The van der Waals surface area contributed by atoms with E-state index >= 15 is 0 Å². The van der Waals surface area contributed by atoms with Crippen molar-refractivity contribution in [1.82, 2.24) is 4.31 Å². The maximum atomic E-state index is 12.5. The highest BCUT2D eigenvalue weighted by Crippen LogP contribution is 2.25. The monoisotopic (exact) mass is 379 g/mol. The average molecular weight is 379 g/mol. The third-order valence-electron chi connectivity index (χ3n) is 5.04. The van der Waals surface area contributed by atoms with Crippen LogP contribution in [0.2, 0.25) is 0 Å². The molecule has 0 radical (unpaired) electrons. The molecule has 0 aliphatic carbocycles. The van der Waals surface area contributed by atoms with E-state index in [-0.39, 0.29) is 17.7 Å². The summed E-state index contributed by atoms with van der Waals surface area (Å²) in [5, 5.41) is 2.91. The number of nitrogens with one attached hydrogen (secondary N) is 1. The fourth-order valence-electron chi connectivity index (χ4n) is 3.52. The van der Waals surface area contributed by atoms with Crippen LogP contribution in [0.15, 0.2) is 24.3 Å². The molecule has 0 spiro atoms. The van der Waals surface area contributed by atoms with Gasteiger partial charge in [-0.25, -0.2) is 12.7 Å². The first-order valence-electron chi connectivity index (χ1n) is 9.01. The summed E-state index contributed by atoms with van der Waals surface area (Å²) in [5.74, 6) is -0.179. The topological polar surface area (TPSA) is 86.8 Å². The first-order valence-corrected chi connectivity index (χ1v) is 10.9. The van der Waals surface area contributed by atoms with Gasteiger partial charge in [-0.3, -0.25) is 9.59 Å². The molecule has 8 heteroatoms. The number of benzene rings is 1. The highest BCUT2D eigenvalue weighted by Gasteiger charge is 2.29. The van der Waals surface area contributed by atoms with E-state index in [9.17, 15) is 18.0 Å². The molecule has 1 N–H and O–H groups in total. The predicted octanol–water partition coefficient (Wildman–Crippen LogP) is 1.81. The minimum absolute atomic E-state index is 0.0970. The molecule has 0 saturated carbocycles. The fourth-order valence-corrected chi connectivity index (χ4v) is 4.40. The maximum Gasteiger partial charge on any atom is 0.227 e. The maximum absolute atomic E-state index is 12.5. The van der Waals surface area contributed by atoms with Crippen LogP contribution in [-0.4, -0.2) is 50.4 Å². The first kappa shape index (κ1) is 18.8. The number of carbonyl (C=O) groups excluding carboxylic acids is 2. The lowest BCUT2D eigenvalue weighted by Crippen LogP contribution is -2.40. The minimum atomic E-state index is -3.19. The van der Waals surface area contributed by atoms with Crippen LogP contribution in [0.1, 0.15) is 32.1 Å². The molecule has 2 fully saturated rings. The second-order valence-corrected chi connectivity index (χ2v) is 8.96. The second-order valence-electron chi connectivity index (χ2n) is 6.98. The Bertz CT molecular complexity index is 785. The van der Waals surface area contributed by atoms with Gasteiger partial charge in [0.05, 0.1) is 6.26 Å². The molecule has 142 valence electrons. The van der Waals surface area contributed by atoms with Gasteiger partial charge in [-0.05, 0) is 43.9 Å². The molecule has 2 saturated heterocycles. The van der Waals surface area contributed by atoms with Crippen LogP contribution in [0.3, 0.4) is 0 Å². The Labute approximate surface area is 154 Å². The van der Waals surface area contributed by atoms with E-state index in [0.29, 0.717) is 44.6 Å². The van der Waals surface area contributed by atoms with Crippen molar-refractivity contribution in [1.29, 1.82) is 0 Å². The summed E-state index contributed by atoms with van der Waals surface area (Å²) < 4.78 is 24.5. The molecule has 2 aliphatic heterocycles. The lowest BCUT2D eigenvalue weighted by molar-refractivity contribution is -0.121. The van der Waals surface area contributed by atoms with Gasteiger partial charge in [0, 0.05) is 43.3 Å². The highest BCUT2D eigenvalue weighted by molar-refractivity contribution is 7.88. The molecular weight excluding hydrogens is 354 g/mol. The third kappa shape index (κ3) is 4.42. The summed E-state index contributed by atoms with van der Waals surface area (Å²) in [6, 6.07) is 7.34. The van der Waals surface area contributed by atoms with Gasteiger partial charge in [0.15, 0.2) is 0 Å². The molecule has 1 aromatic carbocycles. The zero-order valence-corrected chi connectivity index (χ0v) is 15.8. The number of amides is 2. The van der Waals surface area contributed by atoms with E-state index < -0.39 is 10.0 Å². The predicted molar refractivity (Wildman–Crippen MR) is 100 cm³/mol. The van der Waals surface area contributed by atoms with Crippen molar-refractivity contribution in [3.8, 4) is 0 Å². The minimum Gasteiger partial charge on any atom is -0.326 e. The molecule has 7 nitrogen and oxygen atoms in total. The number of anilines is 2. The molecule has 0 atom stereocenters. The molecule has 0 bridgehead atoms. The van der Waals surface area contributed by atoms with Crippen LogP contribution in [0, 0.1) is 5.92 Å². The quantitative estimate of drug-likeness (QED) is 0.864. The lowest BCUT2D eigenvalue weighted by atomic mass is 9.97. The fraction of sp³-hybridized carbons (Fsp3) is 0.556. The van der Waals surface area contributed by atoms with Gasteiger partial charge in [-0.1, -0.05) is 6.07 Å². The molecule has 2 heterocycles. The number of hydrogen-bond donors (Lipinski definition) is 1. The first-order chi connectivity index (χ1) is 12.3. The largest absolute Gasteiger partial charge is 0.326 e. The Kier molecular flexibility index (Phi) is 5.62. The van der Waals surface area contributed by atoms with Gasteiger partial charge < -0.3 is 10.2 Å². The van der Waals surface area contributed by atoms with Crippen molar-refractivity contribution in [2.24, 2.45) is 5.92 Å². The van der Waals surface area contributed by atoms with Crippen LogP contribution < -0.4 is 10.2 Å². The molecule has 0 unspecified atom stereocenters. The zero-order chi connectivity index (χ0) is 18.7. The molecule has 2 aliphatic rings. The van der Waals surface area contributed by atoms with Crippen LogP contribution in [0.4, 0.5) is 11.4 Å². The van der Waals surface area contributed by atoms with Gasteiger partial charge in [-0.15, -0.1) is 0 Å². The molecule has 3 rings (SSSR count). The van der Waals surface area contributed by atoms with Crippen LogP contribution in [-0.2, 0) is 19.6 Å². The van der Waals surface area contributed by atoms with Crippen molar-refractivity contribution in [2.45, 2.75) is 32.1 Å². The molecule has 1 aromatic rings. The molecule has 0 aromatic heterocycles. The summed E-state index contributed by atoms with van der Waals surface area (Å²) in [5.41, 5.74) is 1.47. The van der Waals surface area contributed by atoms with Gasteiger partial charge >= 0.3 is 0 Å². The Morgan fingerprint density at radius 2 is 1.88 bits per heavy atom. The Morgan fingerprint density at radius 3 is 2.54 bits per heavy atom. The zero-order valence-electron chi connectivity index (χ0n) is 15.0. The van der Waals surface area contributed by atoms with Crippen LogP contribution in [0.5, 0.6) is 0 Å². The van der Waals surface area contributed by atoms with Crippen molar-refractivity contribution >= 4 is 33.2 Å². The Balaban J connectivity index is 1.61. The molecule has 26 heavy (non-hydrogen) atoms.